The molecule has 3 rings (SSSR count). The first-order chi connectivity index (χ1) is 8.57. The number of nitrogens with zero attached hydrogens (tertiary/aromatic N) is 1. The number of benzene rings is 1. The molecule has 1 aromatic rings. The van der Waals surface area contributed by atoms with Crippen LogP contribution in [0.4, 0.5) is 0 Å². The maximum atomic E-state index is 12.5. The van der Waals surface area contributed by atoms with Crippen LogP contribution in [0.2, 0.25) is 0 Å². The third-order valence-electron chi connectivity index (χ3n) is 4.01. The number of hydrogen-bond acceptors (Lipinski definition) is 3. The standard InChI is InChI=1S/C13H18N2O2S/c1-10-2-4-13(5-3-10)18(16,17)15-8-11-6-14-7-12(11)9-15/h2-5,11-12,14H,6-9H2,1H3/t11-,12+. The average Bonchev–Trinajstić information content (AvgIpc) is 2.89. The van der Waals surface area contributed by atoms with Crippen molar-refractivity contribution in [2.75, 3.05) is 26.2 Å². The van der Waals surface area contributed by atoms with Gasteiger partial charge in [-0.25, -0.2) is 8.42 Å². The van der Waals surface area contributed by atoms with Crippen LogP contribution >= 0.6 is 0 Å². The van der Waals surface area contributed by atoms with Gasteiger partial charge in [-0.05, 0) is 44.0 Å². The van der Waals surface area contributed by atoms with Crippen LogP contribution in [0, 0.1) is 18.8 Å². The zero-order valence-corrected chi connectivity index (χ0v) is 11.3. The lowest BCUT2D eigenvalue weighted by molar-refractivity contribution is 0.448. The summed E-state index contributed by atoms with van der Waals surface area (Å²) in [7, 11) is -3.29. The van der Waals surface area contributed by atoms with Gasteiger partial charge in [-0.3, -0.25) is 0 Å². The molecule has 0 unspecified atom stereocenters. The summed E-state index contributed by atoms with van der Waals surface area (Å²) in [6.07, 6.45) is 0. The van der Waals surface area contributed by atoms with Crippen molar-refractivity contribution in [3.8, 4) is 0 Å². The van der Waals surface area contributed by atoms with Crippen molar-refractivity contribution in [3.05, 3.63) is 29.8 Å². The molecule has 0 bridgehead atoms. The monoisotopic (exact) mass is 266 g/mol. The lowest BCUT2D eigenvalue weighted by atomic mass is 10.0. The Bertz CT molecular complexity index is 527. The summed E-state index contributed by atoms with van der Waals surface area (Å²) in [5.74, 6) is 0.982. The summed E-state index contributed by atoms with van der Waals surface area (Å²) in [5.41, 5.74) is 1.08. The lowest BCUT2D eigenvalue weighted by Crippen LogP contribution is -2.31. The highest BCUT2D eigenvalue weighted by atomic mass is 32.2. The lowest BCUT2D eigenvalue weighted by Gasteiger charge is -2.17. The number of sulfonamides is 1. The highest BCUT2D eigenvalue weighted by molar-refractivity contribution is 7.89. The van der Waals surface area contributed by atoms with Crippen LogP contribution in [-0.4, -0.2) is 38.9 Å². The Morgan fingerprint density at radius 1 is 1.11 bits per heavy atom. The smallest absolute Gasteiger partial charge is 0.243 e. The zero-order valence-electron chi connectivity index (χ0n) is 10.5. The summed E-state index contributed by atoms with van der Waals surface area (Å²) in [6, 6.07) is 7.12. The Labute approximate surface area is 108 Å². The third-order valence-corrected chi connectivity index (χ3v) is 5.86. The molecular formula is C13H18N2O2S. The van der Waals surface area contributed by atoms with Crippen molar-refractivity contribution in [1.29, 1.82) is 0 Å². The van der Waals surface area contributed by atoms with Crippen molar-refractivity contribution >= 4 is 10.0 Å². The van der Waals surface area contributed by atoms with E-state index in [1.807, 2.05) is 19.1 Å². The molecule has 0 amide bonds. The molecule has 0 aromatic heterocycles. The van der Waals surface area contributed by atoms with Crippen LogP contribution in [0.1, 0.15) is 5.56 Å². The SMILES string of the molecule is Cc1ccc(S(=O)(=O)N2C[C@H]3CNC[C@H]3C2)cc1. The molecule has 2 aliphatic rings. The van der Waals surface area contributed by atoms with Gasteiger partial charge in [0.05, 0.1) is 4.90 Å². The maximum absolute atomic E-state index is 12.5. The first-order valence-corrected chi connectivity index (χ1v) is 7.79. The second kappa shape index (κ2) is 4.33. The minimum Gasteiger partial charge on any atom is -0.316 e. The van der Waals surface area contributed by atoms with Gasteiger partial charge in [-0.15, -0.1) is 0 Å². The average molecular weight is 266 g/mol. The fourth-order valence-electron chi connectivity index (χ4n) is 2.87. The van der Waals surface area contributed by atoms with E-state index in [9.17, 15) is 8.42 Å². The normalized spacial score (nSPS) is 28.5. The van der Waals surface area contributed by atoms with Gasteiger partial charge < -0.3 is 5.32 Å². The maximum Gasteiger partial charge on any atom is 0.243 e. The molecule has 2 heterocycles. The van der Waals surface area contributed by atoms with E-state index in [2.05, 4.69) is 5.32 Å². The van der Waals surface area contributed by atoms with E-state index in [-0.39, 0.29) is 0 Å². The first kappa shape index (κ1) is 12.1. The Morgan fingerprint density at radius 2 is 1.67 bits per heavy atom. The largest absolute Gasteiger partial charge is 0.316 e. The molecule has 1 N–H and O–H groups in total. The molecule has 2 aliphatic heterocycles. The van der Waals surface area contributed by atoms with Gasteiger partial charge >= 0.3 is 0 Å². The van der Waals surface area contributed by atoms with Crippen LogP contribution in [0.15, 0.2) is 29.2 Å². The number of fused-ring (bicyclic) bond motifs is 1. The van der Waals surface area contributed by atoms with Crippen LogP contribution in [0.3, 0.4) is 0 Å². The predicted octanol–water partition coefficient (Wildman–Crippen LogP) is 0.835. The Balaban J connectivity index is 1.85. The number of aryl methyl sites for hydroxylation is 1. The van der Waals surface area contributed by atoms with Crippen molar-refractivity contribution in [2.45, 2.75) is 11.8 Å². The van der Waals surface area contributed by atoms with Crippen molar-refractivity contribution in [3.63, 3.8) is 0 Å². The molecule has 5 heteroatoms. The molecule has 2 fully saturated rings. The fourth-order valence-corrected chi connectivity index (χ4v) is 4.42. The van der Waals surface area contributed by atoms with Gasteiger partial charge in [0.15, 0.2) is 0 Å². The second-order valence-corrected chi connectivity index (χ2v) is 7.25. The summed E-state index contributed by atoms with van der Waals surface area (Å²) < 4.78 is 26.6. The highest BCUT2D eigenvalue weighted by Gasteiger charge is 2.41. The summed E-state index contributed by atoms with van der Waals surface area (Å²) in [4.78, 5) is 0.418. The van der Waals surface area contributed by atoms with Gasteiger partial charge in [-0.2, -0.15) is 4.31 Å². The first-order valence-electron chi connectivity index (χ1n) is 6.35. The zero-order chi connectivity index (χ0) is 12.8. The van der Waals surface area contributed by atoms with Crippen LogP contribution in [-0.2, 0) is 10.0 Å². The fraction of sp³-hybridized carbons (Fsp3) is 0.538. The van der Waals surface area contributed by atoms with Crippen molar-refractivity contribution in [2.24, 2.45) is 11.8 Å². The van der Waals surface area contributed by atoms with Crippen LogP contribution in [0.25, 0.3) is 0 Å². The van der Waals surface area contributed by atoms with Gasteiger partial charge in [-0.1, -0.05) is 17.7 Å². The number of nitrogens with one attached hydrogen (secondary N) is 1. The topological polar surface area (TPSA) is 49.4 Å². The molecule has 0 aliphatic carbocycles. The molecule has 0 radical (unpaired) electrons. The molecule has 98 valence electrons. The van der Waals surface area contributed by atoms with E-state index in [0.717, 1.165) is 18.7 Å². The highest BCUT2D eigenvalue weighted by Crippen LogP contribution is 2.30. The Kier molecular flexibility index (Phi) is 2.92. The summed E-state index contributed by atoms with van der Waals surface area (Å²) >= 11 is 0. The Morgan fingerprint density at radius 3 is 2.22 bits per heavy atom. The minimum absolute atomic E-state index is 0.418. The van der Waals surface area contributed by atoms with E-state index >= 15 is 0 Å². The van der Waals surface area contributed by atoms with Gasteiger partial charge in [0.25, 0.3) is 0 Å². The van der Waals surface area contributed by atoms with Crippen molar-refractivity contribution in [1.82, 2.24) is 9.62 Å². The molecular weight excluding hydrogens is 248 g/mol. The number of rotatable bonds is 2. The molecule has 1 aromatic carbocycles. The summed E-state index contributed by atoms with van der Waals surface area (Å²) in [6.45, 7) is 5.18. The molecule has 18 heavy (non-hydrogen) atoms. The molecule has 0 saturated carbocycles. The van der Waals surface area contributed by atoms with Gasteiger partial charge in [0.1, 0.15) is 0 Å². The van der Waals surface area contributed by atoms with Gasteiger partial charge in [0.2, 0.25) is 10.0 Å². The van der Waals surface area contributed by atoms with E-state index in [1.165, 1.54) is 0 Å². The third kappa shape index (κ3) is 1.96. The van der Waals surface area contributed by atoms with Crippen LogP contribution < -0.4 is 5.32 Å². The molecule has 2 saturated heterocycles. The Hall–Kier alpha value is -0.910. The molecule has 0 spiro atoms. The molecule has 2 atom stereocenters. The molecule has 4 nitrogen and oxygen atoms in total. The minimum atomic E-state index is -3.29. The quantitative estimate of drug-likeness (QED) is 0.863. The predicted molar refractivity (Wildman–Crippen MR) is 69.8 cm³/mol. The van der Waals surface area contributed by atoms with E-state index in [1.54, 1.807) is 16.4 Å². The van der Waals surface area contributed by atoms with Crippen molar-refractivity contribution < 1.29 is 8.42 Å². The second-order valence-electron chi connectivity index (χ2n) is 5.31. The van der Waals surface area contributed by atoms with E-state index in [4.69, 9.17) is 0 Å². The number of hydrogen-bond donors (Lipinski definition) is 1. The van der Waals surface area contributed by atoms with E-state index < -0.39 is 10.0 Å². The summed E-state index contributed by atoms with van der Waals surface area (Å²) in [5, 5.41) is 3.32. The van der Waals surface area contributed by atoms with E-state index in [0.29, 0.717) is 29.8 Å². The van der Waals surface area contributed by atoms with Gasteiger partial charge in [0, 0.05) is 13.1 Å². The van der Waals surface area contributed by atoms with Crippen LogP contribution in [0.5, 0.6) is 0 Å².